The molecule has 2 aromatic rings. The third-order valence-corrected chi connectivity index (χ3v) is 3.09. The van der Waals surface area contributed by atoms with E-state index in [1.807, 2.05) is 6.92 Å². The molecule has 1 aromatic carbocycles. The third-order valence-electron chi connectivity index (χ3n) is 3.09. The van der Waals surface area contributed by atoms with Gasteiger partial charge in [-0.1, -0.05) is 0 Å². The summed E-state index contributed by atoms with van der Waals surface area (Å²) in [6, 6.07) is 7.83. The van der Waals surface area contributed by atoms with Crippen molar-refractivity contribution in [2.24, 2.45) is 0 Å². The molecule has 2 rings (SSSR count). The minimum absolute atomic E-state index is 0.0259. The number of rotatable bonds is 5. The van der Waals surface area contributed by atoms with Crippen molar-refractivity contribution in [1.29, 1.82) is 0 Å². The van der Waals surface area contributed by atoms with E-state index in [0.29, 0.717) is 24.3 Å². The van der Waals surface area contributed by atoms with Gasteiger partial charge in [0.2, 0.25) is 0 Å². The minimum Gasteiger partial charge on any atom is -0.315 e. The number of nitrogens with one attached hydrogen (secondary N) is 1. The molecule has 21 heavy (non-hydrogen) atoms. The van der Waals surface area contributed by atoms with Crippen LogP contribution in [0.5, 0.6) is 0 Å². The third kappa shape index (κ3) is 3.14. The smallest absolute Gasteiger partial charge is 0.271 e. The maximum Gasteiger partial charge on any atom is 0.271 e. The summed E-state index contributed by atoms with van der Waals surface area (Å²) in [5.41, 5.74) is 1.87. The largest absolute Gasteiger partial charge is 0.315 e. The lowest BCUT2D eigenvalue weighted by molar-refractivity contribution is -0.384. The Labute approximate surface area is 121 Å². The van der Waals surface area contributed by atoms with Gasteiger partial charge in [-0.05, 0) is 32.2 Å². The number of hydrogen-bond donors (Lipinski definition) is 1. The van der Waals surface area contributed by atoms with E-state index in [9.17, 15) is 14.9 Å². The molecule has 0 saturated carbocycles. The predicted octanol–water partition coefficient (Wildman–Crippen LogP) is 1.56. The Morgan fingerprint density at radius 1 is 1.33 bits per heavy atom. The van der Waals surface area contributed by atoms with Gasteiger partial charge in [0.1, 0.15) is 0 Å². The summed E-state index contributed by atoms with van der Waals surface area (Å²) in [5.74, 6) is 0. The van der Waals surface area contributed by atoms with E-state index in [1.54, 1.807) is 25.2 Å². The van der Waals surface area contributed by atoms with Gasteiger partial charge in [0.15, 0.2) is 0 Å². The van der Waals surface area contributed by atoms with Crippen LogP contribution in [0.15, 0.2) is 35.1 Å². The zero-order valence-corrected chi connectivity index (χ0v) is 11.9. The zero-order chi connectivity index (χ0) is 15.4. The summed E-state index contributed by atoms with van der Waals surface area (Å²) in [6.07, 6.45) is 0. The molecular weight excluding hydrogens is 272 g/mol. The quantitative estimate of drug-likeness (QED) is 0.666. The fourth-order valence-electron chi connectivity index (χ4n) is 2.02. The Morgan fingerprint density at radius 3 is 2.52 bits per heavy atom. The van der Waals surface area contributed by atoms with Crippen LogP contribution >= 0.6 is 0 Å². The van der Waals surface area contributed by atoms with Crippen molar-refractivity contribution in [2.45, 2.75) is 20.0 Å². The van der Waals surface area contributed by atoms with Crippen molar-refractivity contribution >= 4 is 5.69 Å². The molecule has 0 amide bonds. The Morgan fingerprint density at radius 2 is 2.00 bits per heavy atom. The second-order valence-corrected chi connectivity index (χ2v) is 4.51. The van der Waals surface area contributed by atoms with Gasteiger partial charge >= 0.3 is 0 Å². The molecule has 0 radical (unpaired) electrons. The monoisotopic (exact) mass is 288 g/mol. The van der Waals surface area contributed by atoms with Gasteiger partial charge in [-0.2, -0.15) is 5.10 Å². The topological polar surface area (TPSA) is 90.1 Å². The van der Waals surface area contributed by atoms with Gasteiger partial charge in [0.25, 0.3) is 11.2 Å². The van der Waals surface area contributed by atoms with Gasteiger partial charge in [0.05, 0.1) is 10.6 Å². The molecule has 0 unspecified atom stereocenters. The number of aromatic nitrogens is 2. The molecular formula is C14H16N4O3. The zero-order valence-electron chi connectivity index (χ0n) is 11.9. The Hall–Kier alpha value is -2.54. The standard InChI is InChI=1S/C14H16N4O3/c1-3-17-14(19)11(9-15-2)8-13(16-17)10-4-6-12(7-5-10)18(20)21/h4-8,15H,3,9H2,1-2H3. The second kappa shape index (κ2) is 6.27. The summed E-state index contributed by atoms with van der Waals surface area (Å²) in [4.78, 5) is 22.3. The lowest BCUT2D eigenvalue weighted by atomic mass is 10.1. The van der Waals surface area contributed by atoms with Crippen LogP contribution in [0, 0.1) is 10.1 Å². The van der Waals surface area contributed by atoms with E-state index in [-0.39, 0.29) is 11.2 Å². The summed E-state index contributed by atoms with van der Waals surface area (Å²) in [6.45, 7) is 2.76. The van der Waals surface area contributed by atoms with Crippen LogP contribution in [-0.2, 0) is 13.1 Å². The predicted molar refractivity (Wildman–Crippen MR) is 79.0 cm³/mol. The highest BCUT2D eigenvalue weighted by Gasteiger charge is 2.10. The first-order valence-electron chi connectivity index (χ1n) is 6.57. The number of nitrogens with zero attached hydrogens (tertiary/aromatic N) is 3. The number of benzene rings is 1. The first-order chi connectivity index (χ1) is 10.1. The van der Waals surface area contributed by atoms with E-state index in [1.165, 1.54) is 16.8 Å². The highest BCUT2D eigenvalue weighted by atomic mass is 16.6. The highest BCUT2D eigenvalue weighted by Crippen LogP contribution is 2.20. The average Bonchev–Trinajstić information content (AvgIpc) is 2.49. The molecule has 7 heteroatoms. The Kier molecular flexibility index (Phi) is 4.44. The molecule has 0 aliphatic heterocycles. The lowest BCUT2D eigenvalue weighted by Gasteiger charge is -2.09. The molecule has 0 spiro atoms. The van der Waals surface area contributed by atoms with E-state index in [2.05, 4.69) is 10.4 Å². The normalized spacial score (nSPS) is 10.6. The van der Waals surface area contributed by atoms with Crippen molar-refractivity contribution in [3.8, 4) is 11.3 Å². The van der Waals surface area contributed by atoms with Crippen molar-refractivity contribution in [1.82, 2.24) is 15.1 Å². The van der Waals surface area contributed by atoms with Crippen LogP contribution in [0.4, 0.5) is 5.69 Å². The van der Waals surface area contributed by atoms with Crippen molar-refractivity contribution in [3.63, 3.8) is 0 Å². The SMILES string of the molecule is CCn1nc(-c2ccc([N+](=O)[O-])cc2)cc(CNC)c1=O. The molecule has 0 atom stereocenters. The second-order valence-electron chi connectivity index (χ2n) is 4.51. The Balaban J connectivity index is 2.50. The van der Waals surface area contributed by atoms with Crippen LogP contribution in [0.1, 0.15) is 12.5 Å². The van der Waals surface area contributed by atoms with E-state index in [0.717, 1.165) is 5.56 Å². The lowest BCUT2D eigenvalue weighted by Crippen LogP contribution is -2.28. The van der Waals surface area contributed by atoms with Crippen molar-refractivity contribution < 1.29 is 4.92 Å². The van der Waals surface area contributed by atoms with Crippen LogP contribution in [0.3, 0.4) is 0 Å². The number of non-ortho nitro benzene ring substituents is 1. The molecule has 110 valence electrons. The first kappa shape index (κ1) is 14.9. The fourth-order valence-corrected chi connectivity index (χ4v) is 2.02. The summed E-state index contributed by atoms with van der Waals surface area (Å²) < 4.78 is 1.39. The molecule has 7 nitrogen and oxygen atoms in total. The van der Waals surface area contributed by atoms with Crippen LogP contribution < -0.4 is 10.9 Å². The number of hydrogen-bond acceptors (Lipinski definition) is 5. The van der Waals surface area contributed by atoms with Gasteiger partial charge in [-0.25, -0.2) is 4.68 Å². The summed E-state index contributed by atoms with van der Waals surface area (Å²) >= 11 is 0. The van der Waals surface area contributed by atoms with Crippen molar-refractivity contribution in [3.05, 3.63) is 56.4 Å². The fraction of sp³-hybridized carbons (Fsp3) is 0.286. The van der Waals surface area contributed by atoms with Crippen LogP contribution in [-0.4, -0.2) is 21.8 Å². The van der Waals surface area contributed by atoms with E-state index in [4.69, 9.17) is 0 Å². The van der Waals surface area contributed by atoms with Gasteiger partial charge in [0, 0.05) is 36.3 Å². The van der Waals surface area contributed by atoms with Gasteiger partial charge in [-0.15, -0.1) is 0 Å². The Bertz CT molecular complexity index is 707. The summed E-state index contributed by atoms with van der Waals surface area (Å²) in [5, 5.41) is 17.9. The molecule has 0 fully saturated rings. The molecule has 0 aliphatic rings. The molecule has 1 N–H and O–H groups in total. The molecule has 0 saturated heterocycles. The van der Waals surface area contributed by atoms with E-state index >= 15 is 0 Å². The maximum atomic E-state index is 12.1. The maximum absolute atomic E-state index is 12.1. The minimum atomic E-state index is -0.448. The van der Waals surface area contributed by atoms with Gasteiger partial charge < -0.3 is 5.32 Å². The van der Waals surface area contributed by atoms with Gasteiger partial charge in [-0.3, -0.25) is 14.9 Å². The summed E-state index contributed by atoms with van der Waals surface area (Å²) in [7, 11) is 1.77. The highest BCUT2D eigenvalue weighted by molar-refractivity contribution is 5.61. The first-order valence-corrected chi connectivity index (χ1v) is 6.57. The van der Waals surface area contributed by atoms with Crippen LogP contribution in [0.2, 0.25) is 0 Å². The molecule has 0 aliphatic carbocycles. The molecule has 1 aromatic heterocycles. The number of nitro groups is 1. The number of nitro benzene ring substituents is 1. The molecule has 1 heterocycles. The average molecular weight is 288 g/mol. The molecule has 0 bridgehead atoms. The number of aryl methyl sites for hydroxylation is 1. The van der Waals surface area contributed by atoms with Crippen LogP contribution in [0.25, 0.3) is 11.3 Å². The van der Waals surface area contributed by atoms with Crippen molar-refractivity contribution in [2.75, 3.05) is 7.05 Å². The van der Waals surface area contributed by atoms with E-state index < -0.39 is 4.92 Å².